The fraction of sp³-hybridized carbons (Fsp3) is 0.158. The van der Waals surface area contributed by atoms with Crippen LogP contribution in [-0.4, -0.2) is 10.9 Å². The molecule has 3 rings (SSSR count). The van der Waals surface area contributed by atoms with Crippen molar-refractivity contribution >= 4 is 11.6 Å². The summed E-state index contributed by atoms with van der Waals surface area (Å²) in [6, 6.07) is 8.12. The molecule has 146 valence electrons. The van der Waals surface area contributed by atoms with Crippen LogP contribution in [-0.2, 0) is 17.4 Å². The Labute approximate surface area is 156 Å². The van der Waals surface area contributed by atoms with E-state index in [1.54, 1.807) is 6.07 Å². The van der Waals surface area contributed by atoms with Crippen LogP contribution >= 0.6 is 0 Å². The number of halogens is 5. The van der Waals surface area contributed by atoms with Gasteiger partial charge in [0.2, 0.25) is 5.91 Å². The van der Waals surface area contributed by atoms with Crippen LogP contribution in [0.4, 0.5) is 27.6 Å². The SMILES string of the molecule is O=C(CCc1ncc(-c2ccccc2F)o1)Nc1ccc(F)c(C(F)(F)F)c1. The van der Waals surface area contributed by atoms with Gasteiger partial charge in [0.1, 0.15) is 11.6 Å². The van der Waals surface area contributed by atoms with Gasteiger partial charge in [0, 0.05) is 18.5 Å². The van der Waals surface area contributed by atoms with Crippen molar-refractivity contribution in [3.63, 3.8) is 0 Å². The Bertz CT molecular complexity index is 998. The lowest BCUT2D eigenvalue weighted by Crippen LogP contribution is -2.14. The third-order valence-corrected chi connectivity index (χ3v) is 3.81. The number of nitrogens with zero attached hydrogens (tertiary/aromatic N) is 1. The zero-order chi connectivity index (χ0) is 20.3. The average molecular weight is 396 g/mol. The number of anilines is 1. The highest BCUT2D eigenvalue weighted by Crippen LogP contribution is 2.33. The minimum Gasteiger partial charge on any atom is -0.441 e. The topological polar surface area (TPSA) is 55.1 Å². The number of oxazole rings is 1. The van der Waals surface area contributed by atoms with Gasteiger partial charge in [0.05, 0.1) is 17.3 Å². The minimum absolute atomic E-state index is 0.0492. The van der Waals surface area contributed by atoms with Crippen LogP contribution in [0.2, 0.25) is 0 Å². The predicted molar refractivity (Wildman–Crippen MR) is 90.2 cm³/mol. The van der Waals surface area contributed by atoms with Gasteiger partial charge in [-0.3, -0.25) is 4.79 Å². The molecule has 1 heterocycles. The molecule has 0 unspecified atom stereocenters. The molecule has 0 spiro atoms. The zero-order valence-corrected chi connectivity index (χ0v) is 14.2. The smallest absolute Gasteiger partial charge is 0.419 e. The fourth-order valence-electron chi connectivity index (χ4n) is 2.48. The first-order valence-electron chi connectivity index (χ1n) is 8.10. The molecule has 0 atom stereocenters. The third-order valence-electron chi connectivity index (χ3n) is 3.81. The van der Waals surface area contributed by atoms with Crippen molar-refractivity contribution in [2.24, 2.45) is 0 Å². The van der Waals surface area contributed by atoms with Gasteiger partial charge in [-0.2, -0.15) is 13.2 Å². The van der Waals surface area contributed by atoms with Crippen molar-refractivity contribution in [2.75, 3.05) is 5.32 Å². The number of alkyl halides is 3. The molecule has 0 fully saturated rings. The van der Waals surface area contributed by atoms with Crippen LogP contribution in [0.25, 0.3) is 11.3 Å². The summed E-state index contributed by atoms with van der Waals surface area (Å²) in [7, 11) is 0. The summed E-state index contributed by atoms with van der Waals surface area (Å²) in [5.74, 6) is -2.15. The molecule has 3 aromatic rings. The first kappa shape index (κ1) is 19.5. The highest BCUT2D eigenvalue weighted by Gasteiger charge is 2.34. The lowest BCUT2D eigenvalue weighted by atomic mass is 10.1. The van der Waals surface area contributed by atoms with Crippen molar-refractivity contribution < 1.29 is 31.2 Å². The van der Waals surface area contributed by atoms with Crippen molar-refractivity contribution in [1.82, 2.24) is 4.98 Å². The van der Waals surface area contributed by atoms with Crippen LogP contribution < -0.4 is 5.32 Å². The summed E-state index contributed by atoms with van der Waals surface area (Å²) in [4.78, 5) is 15.9. The van der Waals surface area contributed by atoms with Crippen LogP contribution in [0.15, 0.2) is 53.1 Å². The molecule has 0 saturated carbocycles. The second kappa shape index (κ2) is 7.79. The number of carbonyl (C=O) groups excluding carboxylic acids is 1. The van der Waals surface area contributed by atoms with Crippen LogP contribution in [0.1, 0.15) is 17.9 Å². The standard InChI is InChI=1S/C19H13F5N2O2/c20-14-4-2-1-3-12(14)16-10-25-18(28-16)8-7-17(27)26-11-5-6-15(21)13(9-11)19(22,23)24/h1-6,9-10H,7-8H2,(H,26,27). The summed E-state index contributed by atoms with van der Waals surface area (Å²) < 4.78 is 70.5. The normalized spacial score (nSPS) is 11.5. The molecule has 0 saturated heterocycles. The lowest BCUT2D eigenvalue weighted by Gasteiger charge is -2.10. The average Bonchev–Trinajstić information content (AvgIpc) is 3.10. The number of nitrogens with one attached hydrogen (secondary N) is 1. The van der Waals surface area contributed by atoms with Crippen molar-refractivity contribution in [2.45, 2.75) is 19.0 Å². The Morgan fingerprint density at radius 2 is 1.82 bits per heavy atom. The molecule has 0 aliphatic carbocycles. The van der Waals surface area contributed by atoms with Gasteiger partial charge in [-0.25, -0.2) is 13.8 Å². The molecular weight excluding hydrogens is 383 g/mol. The van der Waals surface area contributed by atoms with Crippen LogP contribution in [0.3, 0.4) is 0 Å². The van der Waals surface area contributed by atoms with Gasteiger partial charge in [0.15, 0.2) is 11.7 Å². The molecule has 4 nitrogen and oxygen atoms in total. The van der Waals surface area contributed by atoms with E-state index < -0.39 is 29.3 Å². The van der Waals surface area contributed by atoms with E-state index in [2.05, 4.69) is 10.3 Å². The Morgan fingerprint density at radius 1 is 1.07 bits per heavy atom. The van der Waals surface area contributed by atoms with Gasteiger partial charge in [0.25, 0.3) is 0 Å². The van der Waals surface area contributed by atoms with Gasteiger partial charge in [-0.15, -0.1) is 0 Å². The van der Waals surface area contributed by atoms with Gasteiger partial charge in [-0.1, -0.05) is 12.1 Å². The van der Waals surface area contributed by atoms with Crippen molar-refractivity contribution in [3.8, 4) is 11.3 Å². The molecule has 28 heavy (non-hydrogen) atoms. The van der Waals surface area contributed by atoms with Crippen molar-refractivity contribution in [1.29, 1.82) is 0 Å². The number of aryl methyl sites for hydroxylation is 1. The molecule has 1 N–H and O–H groups in total. The quantitative estimate of drug-likeness (QED) is 0.603. The van der Waals surface area contributed by atoms with E-state index in [-0.39, 0.29) is 35.7 Å². The lowest BCUT2D eigenvalue weighted by molar-refractivity contribution is -0.140. The van der Waals surface area contributed by atoms with E-state index in [0.717, 1.165) is 6.07 Å². The van der Waals surface area contributed by atoms with E-state index in [9.17, 15) is 26.7 Å². The molecule has 1 aromatic heterocycles. The Hall–Kier alpha value is -3.23. The first-order valence-corrected chi connectivity index (χ1v) is 8.10. The highest BCUT2D eigenvalue weighted by molar-refractivity contribution is 5.90. The largest absolute Gasteiger partial charge is 0.441 e. The minimum atomic E-state index is -4.87. The summed E-state index contributed by atoms with van der Waals surface area (Å²) in [5.41, 5.74) is -1.43. The Morgan fingerprint density at radius 3 is 2.54 bits per heavy atom. The molecule has 9 heteroatoms. The number of aromatic nitrogens is 1. The van der Waals surface area contributed by atoms with Gasteiger partial charge < -0.3 is 9.73 Å². The van der Waals surface area contributed by atoms with E-state index in [1.807, 2.05) is 0 Å². The summed E-state index contributed by atoms with van der Waals surface area (Å²) >= 11 is 0. The zero-order valence-electron chi connectivity index (χ0n) is 14.2. The first-order chi connectivity index (χ1) is 13.2. The van der Waals surface area contributed by atoms with E-state index >= 15 is 0 Å². The van der Waals surface area contributed by atoms with E-state index in [0.29, 0.717) is 12.1 Å². The molecule has 0 bridgehead atoms. The van der Waals surface area contributed by atoms with Crippen molar-refractivity contribution in [3.05, 3.63) is 71.8 Å². The molecule has 2 aromatic carbocycles. The summed E-state index contributed by atoms with van der Waals surface area (Å²) in [5, 5.41) is 2.26. The summed E-state index contributed by atoms with van der Waals surface area (Å²) in [6.45, 7) is 0. The third kappa shape index (κ3) is 4.54. The fourth-order valence-corrected chi connectivity index (χ4v) is 2.48. The number of amides is 1. The maximum Gasteiger partial charge on any atom is 0.419 e. The maximum atomic E-state index is 13.7. The van der Waals surface area contributed by atoms with Crippen LogP contribution in [0.5, 0.6) is 0 Å². The number of rotatable bonds is 5. The van der Waals surface area contributed by atoms with E-state index in [4.69, 9.17) is 4.42 Å². The monoisotopic (exact) mass is 396 g/mol. The van der Waals surface area contributed by atoms with Crippen LogP contribution in [0, 0.1) is 11.6 Å². The molecule has 1 amide bonds. The number of hydrogen-bond acceptors (Lipinski definition) is 3. The number of benzene rings is 2. The molecule has 0 aliphatic heterocycles. The second-order valence-electron chi connectivity index (χ2n) is 5.84. The Kier molecular flexibility index (Phi) is 5.43. The second-order valence-corrected chi connectivity index (χ2v) is 5.84. The highest BCUT2D eigenvalue weighted by atomic mass is 19.4. The molecular formula is C19H13F5N2O2. The van der Waals surface area contributed by atoms with Gasteiger partial charge in [-0.05, 0) is 30.3 Å². The Balaban J connectivity index is 1.62. The number of hydrogen-bond donors (Lipinski definition) is 1. The molecule has 0 aliphatic rings. The molecule has 0 radical (unpaired) electrons. The maximum absolute atomic E-state index is 13.7. The predicted octanol–water partition coefficient (Wildman–Crippen LogP) is 5.21. The number of carbonyl (C=O) groups is 1. The summed E-state index contributed by atoms with van der Waals surface area (Å²) in [6.07, 6.45) is -3.64. The van der Waals surface area contributed by atoms with Gasteiger partial charge >= 0.3 is 6.18 Å². The van der Waals surface area contributed by atoms with E-state index in [1.165, 1.54) is 24.4 Å².